The highest BCUT2D eigenvalue weighted by atomic mass is 16.3. The molecule has 0 spiro atoms. The molecule has 0 atom stereocenters. The maximum atomic E-state index is 10.6. The number of phenolic OH excluding ortho intramolecular Hbond substituents is 1. The van der Waals surface area contributed by atoms with E-state index < -0.39 is 0 Å². The monoisotopic (exact) mass is 281 g/mol. The third-order valence-electron chi connectivity index (χ3n) is 3.88. The predicted molar refractivity (Wildman–Crippen MR) is 90.2 cm³/mol. The third kappa shape index (κ3) is 3.52. The summed E-state index contributed by atoms with van der Waals surface area (Å²) in [5.74, 6) is 0.316. The van der Waals surface area contributed by atoms with Gasteiger partial charge in [-0.25, -0.2) is 0 Å². The van der Waals surface area contributed by atoms with E-state index >= 15 is 0 Å². The lowest BCUT2D eigenvalue weighted by atomic mass is 9.98. The zero-order valence-electron chi connectivity index (χ0n) is 13.0. The van der Waals surface area contributed by atoms with Crippen molar-refractivity contribution in [1.82, 2.24) is 0 Å². The van der Waals surface area contributed by atoms with Crippen LogP contribution in [0.15, 0.2) is 47.5 Å². The summed E-state index contributed by atoms with van der Waals surface area (Å²) >= 11 is 0. The molecule has 0 saturated heterocycles. The Labute approximate surface area is 127 Å². The summed E-state index contributed by atoms with van der Waals surface area (Å²) in [5.41, 5.74) is 3.74. The summed E-state index contributed by atoms with van der Waals surface area (Å²) < 4.78 is 0. The van der Waals surface area contributed by atoms with Crippen LogP contribution in [0.2, 0.25) is 0 Å². The van der Waals surface area contributed by atoms with Crippen molar-refractivity contribution in [2.45, 2.75) is 39.7 Å². The van der Waals surface area contributed by atoms with Crippen molar-refractivity contribution in [3.63, 3.8) is 0 Å². The van der Waals surface area contributed by atoms with Crippen LogP contribution < -0.4 is 0 Å². The summed E-state index contributed by atoms with van der Waals surface area (Å²) in [6.45, 7) is 6.28. The number of phenols is 1. The highest BCUT2D eigenvalue weighted by molar-refractivity contribution is 5.90. The predicted octanol–water partition coefficient (Wildman–Crippen LogP) is 4.98. The van der Waals surface area contributed by atoms with Crippen molar-refractivity contribution in [1.29, 1.82) is 0 Å². The fourth-order valence-corrected chi connectivity index (χ4v) is 2.40. The Morgan fingerprint density at radius 2 is 1.71 bits per heavy atom. The van der Waals surface area contributed by atoms with Crippen LogP contribution in [0.25, 0.3) is 11.1 Å². The van der Waals surface area contributed by atoms with Gasteiger partial charge in [0.15, 0.2) is 0 Å². The molecule has 110 valence electrons. The SMILES string of the molecule is CCC(CC)N=Cc1c(C)ccc(-c2ccccc2)c1O. The van der Waals surface area contributed by atoms with Gasteiger partial charge in [-0.2, -0.15) is 0 Å². The molecule has 0 aliphatic carbocycles. The van der Waals surface area contributed by atoms with Gasteiger partial charge in [0.2, 0.25) is 0 Å². The second kappa shape index (κ2) is 7.07. The molecule has 2 rings (SSSR count). The Bertz CT molecular complexity index is 613. The molecular formula is C19H23NO. The second-order valence-corrected chi connectivity index (χ2v) is 5.31. The number of hydrogen-bond acceptors (Lipinski definition) is 2. The van der Waals surface area contributed by atoms with Crippen molar-refractivity contribution in [3.05, 3.63) is 53.6 Å². The molecule has 0 radical (unpaired) electrons. The number of rotatable bonds is 5. The van der Waals surface area contributed by atoms with Crippen molar-refractivity contribution in [3.8, 4) is 16.9 Å². The van der Waals surface area contributed by atoms with Crippen molar-refractivity contribution in [2.24, 2.45) is 4.99 Å². The molecule has 2 heteroatoms. The van der Waals surface area contributed by atoms with Gasteiger partial charge in [0.25, 0.3) is 0 Å². The molecule has 0 aromatic heterocycles. The zero-order valence-corrected chi connectivity index (χ0v) is 13.0. The number of aryl methyl sites for hydroxylation is 1. The standard InChI is InChI=1S/C19H23NO/c1-4-16(5-2)20-13-18-14(3)11-12-17(19(18)21)15-9-7-6-8-10-15/h6-13,16,21H,4-5H2,1-3H3. The van der Waals surface area contributed by atoms with E-state index in [0.29, 0.717) is 11.8 Å². The first-order valence-corrected chi connectivity index (χ1v) is 7.58. The molecule has 0 aliphatic heterocycles. The minimum atomic E-state index is 0.316. The second-order valence-electron chi connectivity index (χ2n) is 5.31. The van der Waals surface area contributed by atoms with E-state index in [1.807, 2.05) is 55.6 Å². The summed E-state index contributed by atoms with van der Waals surface area (Å²) in [6.07, 6.45) is 3.87. The van der Waals surface area contributed by atoms with Crippen LogP contribution in [-0.4, -0.2) is 17.4 Å². The molecule has 0 saturated carbocycles. The molecule has 21 heavy (non-hydrogen) atoms. The average molecular weight is 281 g/mol. The molecule has 0 aliphatic rings. The smallest absolute Gasteiger partial charge is 0.132 e. The van der Waals surface area contributed by atoms with Crippen LogP contribution >= 0.6 is 0 Å². The summed E-state index contributed by atoms with van der Waals surface area (Å²) in [6, 6.07) is 14.3. The normalized spacial score (nSPS) is 11.4. The van der Waals surface area contributed by atoms with Crippen molar-refractivity contribution >= 4 is 6.21 Å². The lowest BCUT2D eigenvalue weighted by Gasteiger charge is -2.11. The Kier molecular flexibility index (Phi) is 5.15. The van der Waals surface area contributed by atoms with E-state index in [0.717, 1.165) is 35.1 Å². The van der Waals surface area contributed by atoms with Crippen LogP contribution in [0.3, 0.4) is 0 Å². The molecule has 1 N–H and O–H groups in total. The molecular weight excluding hydrogens is 258 g/mol. The number of aromatic hydroxyl groups is 1. The summed E-state index contributed by atoms with van der Waals surface area (Å²) in [7, 11) is 0. The molecule has 0 amide bonds. The van der Waals surface area contributed by atoms with E-state index in [4.69, 9.17) is 0 Å². The first kappa shape index (κ1) is 15.3. The van der Waals surface area contributed by atoms with Gasteiger partial charge in [0.1, 0.15) is 5.75 Å². The number of aliphatic imine (C=N–C) groups is 1. The first-order valence-electron chi connectivity index (χ1n) is 7.58. The van der Waals surface area contributed by atoms with Gasteiger partial charge in [-0.3, -0.25) is 4.99 Å². The maximum absolute atomic E-state index is 10.6. The minimum Gasteiger partial charge on any atom is -0.507 e. The fraction of sp³-hybridized carbons (Fsp3) is 0.316. The van der Waals surface area contributed by atoms with Crippen LogP contribution in [0.5, 0.6) is 5.75 Å². The van der Waals surface area contributed by atoms with Gasteiger partial charge in [-0.1, -0.05) is 56.3 Å². The topological polar surface area (TPSA) is 32.6 Å². The fourth-order valence-electron chi connectivity index (χ4n) is 2.40. The van der Waals surface area contributed by atoms with Gasteiger partial charge >= 0.3 is 0 Å². The Balaban J connectivity index is 2.43. The summed E-state index contributed by atoms with van der Waals surface area (Å²) in [4.78, 5) is 4.60. The molecule has 0 bridgehead atoms. The largest absolute Gasteiger partial charge is 0.507 e. The third-order valence-corrected chi connectivity index (χ3v) is 3.88. The van der Waals surface area contributed by atoms with Gasteiger partial charge < -0.3 is 5.11 Å². The van der Waals surface area contributed by atoms with Crippen LogP contribution in [0.1, 0.15) is 37.8 Å². The average Bonchev–Trinajstić information content (AvgIpc) is 2.52. The molecule has 2 aromatic carbocycles. The highest BCUT2D eigenvalue weighted by Crippen LogP contribution is 2.33. The highest BCUT2D eigenvalue weighted by Gasteiger charge is 2.10. The van der Waals surface area contributed by atoms with Crippen molar-refractivity contribution in [2.75, 3.05) is 0 Å². The first-order chi connectivity index (χ1) is 10.2. The van der Waals surface area contributed by atoms with Crippen LogP contribution in [0.4, 0.5) is 0 Å². The molecule has 2 aromatic rings. The molecule has 0 unspecified atom stereocenters. The number of benzene rings is 2. The Morgan fingerprint density at radius 3 is 2.33 bits per heavy atom. The van der Waals surface area contributed by atoms with E-state index in [1.165, 1.54) is 0 Å². The minimum absolute atomic E-state index is 0.316. The van der Waals surface area contributed by atoms with E-state index in [-0.39, 0.29) is 0 Å². The van der Waals surface area contributed by atoms with Crippen LogP contribution in [0, 0.1) is 6.92 Å². The van der Waals surface area contributed by atoms with Gasteiger partial charge in [-0.05, 0) is 30.9 Å². The number of hydrogen-bond donors (Lipinski definition) is 1. The van der Waals surface area contributed by atoms with Gasteiger partial charge in [0.05, 0.1) is 0 Å². The van der Waals surface area contributed by atoms with E-state index in [2.05, 4.69) is 18.8 Å². The van der Waals surface area contributed by atoms with Crippen LogP contribution in [-0.2, 0) is 0 Å². The quantitative estimate of drug-likeness (QED) is 0.771. The summed E-state index contributed by atoms with van der Waals surface area (Å²) in [5, 5.41) is 10.6. The van der Waals surface area contributed by atoms with E-state index in [9.17, 15) is 5.11 Å². The maximum Gasteiger partial charge on any atom is 0.132 e. The van der Waals surface area contributed by atoms with Gasteiger partial charge in [-0.15, -0.1) is 0 Å². The Morgan fingerprint density at radius 1 is 1.05 bits per heavy atom. The lowest BCUT2D eigenvalue weighted by molar-refractivity contribution is 0.476. The van der Waals surface area contributed by atoms with Crippen molar-refractivity contribution < 1.29 is 5.11 Å². The van der Waals surface area contributed by atoms with Gasteiger partial charge in [0, 0.05) is 23.4 Å². The molecule has 2 nitrogen and oxygen atoms in total. The van der Waals surface area contributed by atoms with E-state index in [1.54, 1.807) is 0 Å². The molecule has 0 heterocycles. The Hall–Kier alpha value is -2.09. The zero-order chi connectivity index (χ0) is 15.2. The molecule has 0 fully saturated rings. The number of nitrogens with zero attached hydrogens (tertiary/aromatic N) is 1. The lowest BCUT2D eigenvalue weighted by Crippen LogP contribution is -2.01.